The molecule has 0 bridgehead atoms. The summed E-state index contributed by atoms with van der Waals surface area (Å²) in [6.45, 7) is 0.326. The second-order valence-corrected chi connectivity index (χ2v) is 7.58. The van der Waals surface area contributed by atoms with E-state index in [0.29, 0.717) is 17.4 Å². The number of hydrogen-bond donors (Lipinski definition) is 2. The van der Waals surface area contributed by atoms with Crippen LogP contribution in [-0.2, 0) is 11.4 Å². The van der Waals surface area contributed by atoms with E-state index in [9.17, 15) is 14.7 Å². The number of carbonyl (C=O) groups is 2. The highest BCUT2D eigenvalue weighted by Gasteiger charge is 2.34. The maximum Gasteiger partial charge on any atom is 0.357 e. The molecule has 8 heteroatoms. The number of amides is 1. The fourth-order valence-corrected chi connectivity index (χ4v) is 4.36. The third-order valence-corrected chi connectivity index (χ3v) is 5.66. The van der Waals surface area contributed by atoms with Crippen molar-refractivity contribution in [2.75, 3.05) is 5.32 Å². The van der Waals surface area contributed by atoms with Gasteiger partial charge in [0.15, 0.2) is 5.69 Å². The number of aromatic carboxylic acids is 1. The topological polar surface area (TPSA) is 88.5 Å². The first-order valence-corrected chi connectivity index (χ1v) is 9.67. The molecule has 0 radical (unpaired) electrons. The van der Waals surface area contributed by atoms with E-state index in [4.69, 9.17) is 16.3 Å². The normalized spacial score (nSPS) is 15.6. The zero-order chi connectivity index (χ0) is 19.7. The molecule has 1 aliphatic heterocycles. The molecule has 1 aromatic heterocycles. The Bertz CT molecular complexity index is 1070. The highest BCUT2D eigenvalue weighted by Crippen LogP contribution is 2.44. The third kappa shape index (κ3) is 3.58. The van der Waals surface area contributed by atoms with Gasteiger partial charge in [0.25, 0.3) is 0 Å². The van der Waals surface area contributed by atoms with E-state index >= 15 is 0 Å². The number of nitrogens with zero attached hydrogens (tertiary/aromatic N) is 1. The lowest BCUT2D eigenvalue weighted by Gasteiger charge is -2.24. The monoisotopic (exact) mass is 414 g/mol. The first-order valence-electron chi connectivity index (χ1n) is 8.52. The lowest BCUT2D eigenvalue weighted by molar-refractivity contribution is -0.116. The van der Waals surface area contributed by atoms with Crippen LogP contribution in [0, 0.1) is 0 Å². The number of anilines is 1. The SMILES string of the molecule is O=C1C[C@@H](c2ccccc2OCc2cccc(Cl)c2)c2snc(C(=O)O)c2N1. The lowest BCUT2D eigenvalue weighted by Crippen LogP contribution is -2.23. The number of para-hydroxylation sites is 1. The zero-order valence-electron chi connectivity index (χ0n) is 14.5. The molecule has 1 aliphatic rings. The van der Waals surface area contributed by atoms with Gasteiger partial charge in [0.1, 0.15) is 12.4 Å². The number of carboxylic acids is 1. The van der Waals surface area contributed by atoms with E-state index < -0.39 is 5.97 Å². The number of carbonyl (C=O) groups excluding carboxylic acids is 1. The highest BCUT2D eigenvalue weighted by molar-refractivity contribution is 7.06. The Kier molecular flexibility index (Phi) is 5.02. The minimum absolute atomic E-state index is 0.129. The molecular formula is C20H15ClN2O4S. The number of benzene rings is 2. The first-order chi connectivity index (χ1) is 13.5. The average molecular weight is 415 g/mol. The van der Waals surface area contributed by atoms with Crippen molar-refractivity contribution in [3.63, 3.8) is 0 Å². The molecule has 0 saturated carbocycles. The van der Waals surface area contributed by atoms with Gasteiger partial charge in [-0.3, -0.25) is 4.79 Å². The van der Waals surface area contributed by atoms with Crippen LogP contribution in [0.4, 0.5) is 5.69 Å². The molecule has 2 N–H and O–H groups in total. The fraction of sp³-hybridized carbons (Fsp3) is 0.150. The number of halogens is 1. The van der Waals surface area contributed by atoms with E-state index in [1.54, 1.807) is 6.07 Å². The van der Waals surface area contributed by atoms with Gasteiger partial charge in [-0.15, -0.1) is 0 Å². The number of rotatable bonds is 5. The molecule has 0 aliphatic carbocycles. The van der Waals surface area contributed by atoms with Crippen molar-refractivity contribution < 1.29 is 19.4 Å². The number of fused-ring (bicyclic) bond motifs is 1. The zero-order valence-corrected chi connectivity index (χ0v) is 16.1. The van der Waals surface area contributed by atoms with Crippen molar-refractivity contribution in [2.45, 2.75) is 18.9 Å². The standard InChI is InChI=1S/C20H15ClN2O4S/c21-12-5-3-4-11(8-12)10-27-15-7-2-1-6-13(15)14-9-16(24)22-17-18(20(25)26)23-28-19(14)17/h1-8,14H,9-10H2,(H,22,24)(H,25,26)/t14-/m0/s1. The number of nitrogens with one attached hydrogen (secondary N) is 1. The molecular weight excluding hydrogens is 400 g/mol. The molecule has 4 rings (SSSR count). The van der Waals surface area contributed by atoms with Gasteiger partial charge in [-0.05, 0) is 35.3 Å². The van der Waals surface area contributed by atoms with Crippen LogP contribution in [0.3, 0.4) is 0 Å². The molecule has 28 heavy (non-hydrogen) atoms. The average Bonchev–Trinajstić information content (AvgIpc) is 3.10. The molecule has 0 spiro atoms. The quantitative estimate of drug-likeness (QED) is 0.639. The van der Waals surface area contributed by atoms with E-state index in [1.165, 1.54) is 0 Å². The van der Waals surface area contributed by atoms with Gasteiger partial charge >= 0.3 is 5.97 Å². The Hall–Kier alpha value is -2.90. The van der Waals surface area contributed by atoms with Crippen molar-refractivity contribution >= 4 is 40.7 Å². The molecule has 0 unspecified atom stereocenters. The second-order valence-electron chi connectivity index (χ2n) is 6.34. The van der Waals surface area contributed by atoms with E-state index in [1.807, 2.05) is 42.5 Å². The number of ether oxygens (including phenoxy) is 1. The minimum atomic E-state index is -1.16. The van der Waals surface area contributed by atoms with Gasteiger partial charge in [0, 0.05) is 22.9 Å². The minimum Gasteiger partial charge on any atom is -0.489 e. The Morgan fingerprint density at radius 3 is 2.89 bits per heavy atom. The Labute approximate surface area is 169 Å². The Morgan fingerprint density at radius 1 is 1.29 bits per heavy atom. The third-order valence-electron chi connectivity index (χ3n) is 4.47. The maximum absolute atomic E-state index is 12.2. The summed E-state index contributed by atoms with van der Waals surface area (Å²) in [5.74, 6) is -1.09. The lowest BCUT2D eigenvalue weighted by atomic mass is 9.89. The van der Waals surface area contributed by atoms with Crippen molar-refractivity contribution in [2.24, 2.45) is 0 Å². The molecule has 3 aromatic rings. The van der Waals surface area contributed by atoms with Crippen molar-refractivity contribution in [3.8, 4) is 5.75 Å². The highest BCUT2D eigenvalue weighted by atomic mass is 35.5. The molecule has 1 atom stereocenters. The molecule has 2 heterocycles. The van der Waals surface area contributed by atoms with Crippen molar-refractivity contribution in [3.05, 3.63) is 75.3 Å². The summed E-state index contributed by atoms with van der Waals surface area (Å²) >= 11 is 7.12. The summed E-state index contributed by atoms with van der Waals surface area (Å²) in [6.07, 6.45) is 0.200. The molecule has 0 fully saturated rings. The van der Waals surface area contributed by atoms with Crippen LogP contribution < -0.4 is 10.1 Å². The van der Waals surface area contributed by atoms with Crippen LogP contribution in [0.5, 0.6) is 5.75 Å². The van der Waals surface area contributed by atoms with Gasteiger partial charge in [0.05, 0.1) is 10.6 Å². The first kappa shape index (κ1) is 18.5. The fourth-order valence-electron chi connectivity index (χ4n) is 3.21. The summed E-state index contributed by atoms with van der Waals surface area (Å²) < 4.78 is 10.0. The molecule has 1 amide bonds. The number of hydrogen-bond acceptors (Lipinski definition) is 5. The predicted molar refractivity (Wildman–Crippen MR) is 106 cm³/mol. The van der Waals surface area contributed by atoms with Crippen LogP contribution in [0.15, 0.2) is 48.5 Å². The number of carboxylic acid groups (broad SMARTS) is 1. The van der Waals surface area contributed by atoms with Gasteiger partial charge in [-0.2, -0.15) is 4.37 Å². The van der Waals surface area contributed by atoms with Gasteiger partial charge in [-0.1, -0.05) is 41.9 Å². The summed E-state index contributed by atoms with van der Waals surface area (Å²) in [4.78, 5) is 24.3. The molecule has 0 saturated heterocycles. The largest absolute Gasteiger partial charge is 0.489 e. The Morgan fingerprint density at radius 2 is 2.11 bits per heavy atom. The van der Waals surface area contributed by atoms with E-state index in [-0.39, 0.29) is 29.6 Å². The second kappa shape index (κ2) is 7.61. The van der Waals surface area contributed by atoms with Crippen molar-refractivity contribution in [1.29, 1.82) is 0 Å². The van der Waals surface area contributed by atoms with Gasteiger partial charge in [0.2, 0.25) is 5.91 Å². The summed E-state index contributed by atoms with van der Waals surface area (Å²) in [5.41, 5.74) is 1.90. The van der Waals surface area contributed by atoms with E-state index in [2.05, 4.69) is 9.69 Å². The predicted octanol–water partition coefficient (Wildman–Crippen LogP) is 4.55. The van der Waals surface area contributed by atoms with Crippen LogP contribution >= 0.6 is 23.1 Å². The maximum atomic E-state index is 12.2. The Balaban J connectivity index is 1.67. The molecule has 142 valence electrons. The molecule has 6 nitrogen and oxygen atoms in total. The molecule has 2 aromatic carbocycles. The number of aromatic nitrogens is 1. The summed E-state index contributed by atoms with van der Waals surface area (Å²) in [5, 5.41) is 12.6. The smallest absolute Gasteiger partial charge is 0.357 e. The van der Waals surface area contributed by atoms with Crippen molar-refractivity contribution in [1.82, 2.24) is 4.37 Å². The summed E-state index contributed by atoms with van der Waals surface area (Å²) in [7, 11) is 0. The van der Waals surface area contributed by atoms with Crippen LogP contribution in [0.1, 0.15) is 38.8 Å². The van der Waals surface area contributed by atoms with Crippen LogP contribution in [0.25, 0.3) is 0 Å². The van der Waals surface area contributed by atoms with Gasteiger partial charge < -0.3 is 15.2 Å². The van der Waals surface area contributed by atoms with Gasteiger partial charge in [-0.25, -0.2) is 4.79 Å². The van der Waals surface area contributed by atoms with Crippen LogP contribution in [-0.4, -0.2) is 21.4 Å². The van der Waals surface area contributed by atoms with E-state index in [0.717, 1.165) is 27.5 Å². The summed E-state index contributed by atoms with van der Waals surface area (Å²) in [6, 6.07) is 14.9. The van der Waals surface area contributed by atoms with Crippen LogP contribution in [0.2, 0.25) is 5.02 Å².